The van der Waals surface area contributed by atoms with Crippen LogP contribution in [-0.2, 0) is 0 Å². The molecule has 2 amide bonds. The number of hydrogen-bond acceptors (Lipinski definition) is 2. The first-order valence-electron chi connectivity index (χ1n) is 6.96. The lowest BCUT2D eigenvalue weighted by Gasteiger charge is -2.10. The van der Waals surface area contributed by atoms with Gasteiger partial charge in [0.1, 0.15) is 0 Å². The van der Waals surface area contributed by atoms with Gasteiger partial charge in [-0.2, -0.15) is 0 Å². The first kappa shape index (κ1) is 15.5. The molecule has 106 valence electrons. The lowest BCUT2D eigenvalue weighted by molar-refractivity contribution is 0.199. The van der Waals surface area contributed by atoms with Crippen molar-refractivity contribution < 1.29 is 9.90 Å². The highest BCUT2D eigenvalue weighted by atomic mass is 16.3. The van der Waals surface area contributed by atoms with Crippen molar-refractivity contribution in [2.24, 2.45) is 0 Å². The highest BCUT2D eigenvalue weighted by Crippen LogP contribution is 2.16. The van der Waals surface area contributed by atoms with Gasteiger partial charge < -0.3 is 15.7 Å². The van der Waals surface area contributed by atoms with Crippen LogP contribution in [0.2, 0.25) is 0 Å². The number of rotatable bonds is 7. The van der Waals surface area contributed by atoms with Crippen LogP contribution in [-0.4, -0.2) is 17.7 Å². The minimum Gasteiger partial charge on any atom is -0.389 e. The molecule has 0 saturated heterocycles. The lowest BCUT2D eigenvalue weighted by Crippen LogP contribution is -2.29. The Morgan fingerprint density at radius 2 is 2.11 bits per heavy atom. The van der Waals surface area contributed by atoms with Crippen molar-refractivity contribution in [1.82, 2.24) is 5.32 Å². The number of anilines is 1. The van der Waals surface area contributed by atoms with E-state index >= 15 is 0 Å². The Hall–Kier alpha value is -1.55. The van der Waals surface area contributed by atoms with E-state index in [4.69, 9.17) is 0 Å². The molecule has 1 atom stereocenters. The molecule has 0 saturated carbocycles. The van der Waals surface area contributed by atoms with Crippen molar-refractivity contribution in [2.45, 2.75) is 45.6 Å². The van der Waals surface area contributed by atoms with Gasteiger partial charge in [0.2, 0.25) is 0 Å². The first-order chi connectivity index (χ1) is 9.13. The van der Waals surface area contributed by atoms with Crippen LogP contribution < -0.4 is 10.6 Å². The van der Waals surface area contributed by atoms with E-state index in [1.165, 1.54) is 12.8 Å². The average Bonchev–Trinajstić information content (AvgIpc) is 2.38. The fourth-order valence-corrected chi connectivity index (χ4v) is 1.81. The summed E-state index contributed by atoms with van der Waals surface area (Å²) in [6, 6.07) is 7.04. The standard InChI is InChI=1S/C15H24N2O2/c1-3-4-5-6-10-16-15(19)17-14-9-7-8-13(11-14)12(2)18/h7-9,11-12,18H,3-6,10H2,1-2H3,(H2,16,17,19). The maximum atomic E-state index is 11.6. The molecule has 0 fully saturated rings. The fourth-order valence-electron chi connectivity index (χ4n) is 1.81. The second-order valence-electron chi connectivity index (χ2n) is 4.74. The minimum absolute atomic E-state index is 0.195. The zero-order chi connectivity index (χ0) is 14.1. The third-order valence-corrected chi connectivity index (χ3v) is 2.94. The van der Waals surface area contributed by atoms with Crippen molar-refractivity contribution in [1.29, 1.82) is 0 Å². The summed E-state index contributed by atoms with van der Waals surface area (Å²) >= 11 is 0. The summed E-state index contributed by atoms with van der Waals surface area (Å²) in [6.45, 7) is 4.56. The summed E-state index contributed by atoms with van der Waals surface area (Å²) in [4.78, 5) is 11.6. The Morgan fingerprint density at radius 3 is 2.79 bits per heavy atom. The van der Waals surface area contributed by atoms with Crippen LogP contribution in [0.3, 0.4) is 0 Å². The minimum atomic E-state index is -0.529. The molecular weight excluding hydrogens is 240 g/mol. The van der Waals surface area contributed by atoms with E-state index in [1.54, 1.807) is 13.0 Å². The van der Waals surface area contributed by atoms with E-state index in [1.807, 2.05) is 18.2 Å². The van der Waals surface area contributed by atoms with E-state index in [0.29, 0.717) is 12.2 Å². The van der Waals surface area contributed by atoms with Crippen molar-refractivity contribution >= 4 is 11.7 Å². The Bertz CT molecular complexity index is 391. The smallest absolute Gasteiger partial charge is 0.319 e. The van der Waals surface area contributed by atoms with E-state index < -0.39 is 6.10 Å². The molecule has 0 spiro atoms. The van der Waals surface area contributed by atoms with Gasteiger partial charge in [-0.25, -0.2) is 4.79 Å². The molecule has 4 nitrogen and oxygen atoms in total. The number of aliphatic hydroxyl groups is 1. The van der Waals surface area contributed by atoms with Gasteiger partial charge in [-0.05, 0) is 31.0 Å². The maximum Gasteiger partial charge on any atom is 0.319 e. The van der Waals surface area contributed by atoms with Crippen molar-refractivity contribution in [3.05, 3.63) is 29.8 Å². The van der Waals surface area contributed by atoms with Gasteiger partial charge in [-0.15, -0.1) is 0 Å². The Labute approximate surface area is 115 Å². The fraction of sp³-hybridized carbons (Fsp3) is 0.533. The number of carbonyl (C=O) groups is 1. The van der Waals surface area contributed by atoms with Gasteiger partial charge >= 0.3 is 6.03 Å². The van der Waals surface area contributed by atoms with Crippen LogP contribution >= 0.6 is 0 Å². The first-order valence-corrected chi connectivity index (χ1v) is 6.96. The molecule has 0 radical (unpaired) electrons. The number of aliphatic hydroxyl groups excluding tert-OH is 1. The van der Waals surface area contributed by atoms with E-state index in [2.05, 4.69) is 17.6 Å². The second-order valence-corrected chi connectivity index (χ2v) is 4.74. The number of hydrogen-bond donors (Lipinski definition) is 3. The molecule has 0 bridgehead atoms. The molecule has 3 N–H and O–H groups in total. The monoisotopic (exact) mass is 264 g/mol. The van der Waals surface area contributed by atoms with E-state index in [-0.39, 0.29) is 6.03 Å². The summed E-state index contributed by atoms with van der Waals surface area (Å²) < 4.78 is 0. The van der Waals surface area contributed by atoms with Gasteiger partial charge in [0.05, 0.1) is 6.10 Å². The topological polar surface area (TPSA) is 61.4 Å². The quantitative estimate of drug-likeness (QED) is 0.661. The van der Waals surface area contributed by atoms with Crippen molar-refractivity contribution in [2.75, 3.05) is 11.9 Å². The molecule has 0 aliphatic carbocycles. The molecule has 0 aliphatic rings. The second kappa shape index (κ2) is 8.53. The molecule has 1 rings (SSSR count). The Balaban J connectivity index is 2.33. The molecule has 0 aromatic heterocycles. The van der Waals surface area contributed by atoms with Crippen molar-refractivity contribution in [3.8, 4) is 0 Å². The lowest BCUT2D eigenvalue weighted by atomic mass is 10.1. The normalized spacial score (nSPS) is 11.9. The van der Waals surface area contributed by atoms with Crippen molar-refractivity contribution in [3.63, 3.8) is 0 Å². The average molecular weight is 264 g/mol. The van der Waals surface area contributed by atoms with Crippen LogP contribution in [0.25, 0.3) is 0 Å². The summed E-state index contributed by atoms with van der Waals surface area (Å²) in [5.41, 5.74) is 1.49. The van der Waals surface area contributed by atoms with Gasteiger partial charge in [0.15, 0.2) is 0 Å². The highest BCUT2D eigenvalue weighted by molar-refractivity contribution is 5.89. The number of unbranched alkanes of at least 4 members (excludes halogenated alkanes) is 3. The molecule has 1 aromatic rings. The van der Waals surface area contributed by atoms with Crippen LogP contribution in [0.4, 0.5) is 10.5 Å². The largest absolute Gasteiger partial charge is 0.389 e. The van der Waals surface area contributed by atoms with E-state index in [0.717, 1.165) is 18.4 Å². The highest BCUT2D eigenvalue weighted by Gasteiger charge is 2.04. The van der Waals surface area contributed by atoms with Crippen LogP contribution in [0.1, 0.15) is 51.2 Å². The number of amides is 2. The number of benzene rings is 1. The summed E-state index contributed by atoms with van der Waals surface area (Å²) in [5.74, 6) is 0. The number of nitrogens with one attached hydrogen (secondary N) is 2. The van der Waals surface area contributed by atoms with Gasteiger partial charge in [0, 0.05) is 12.2 Å². The zero-order valence-electron chi connectivity index (χ0n) is 11.8. The molecule has 0 aliphatic heterocycles. The zero-order valence-corrected chi connectivity index (χ0v) is 11.8. The van der Waals surface area contributed by atoms with Gasteiger partial charge in [0.25, 0.3) is 0 Å². The molecule has 1 unspecified atom stereocenters. The van der Waals surface area contributed by atoms with Gasteiger partial charge in [-0.3, -0.25) is 0 Å². The van der Waals surface area contributed by atoms with Crippen LogP contribution in [0.5, 0.6) is 0 Å². The van der Waals surface area contributed by atoms with Gasteiger partial charge in [-0.1, -0.05) is 38.3 Å². The van der Waals surface area contributed by atoms with E-state index in [9.17, 15) is 9.90 Å². The maximum absolute atomic E-state index is 11.6. The molecule has 1 aromatic carbocycles. The summed E-state index contributed by atoms with van der Waals surface area (Å²) in [6.07, 6.45) is 4.03. The molecule has 0 heterocycles. The molecule has 4 heteroatoms. The number of carbonyl (C=O) groups excluding carboxylic acids is 1. The Morgan fingerprint density at radius 1 is 1.32 bits per heavy atom. The third-order valence-electron chi connectivity index (χ3n) is 2.94. The third kappa shape index (κ3) is 6.25. The summed E-state index contributed by atoms with van der Waals surface area (Å²) in [7, 11) is 0. The van der Waals surface area contributed by atoms with Crippen LogP contribution in [0, 0.1) is 0 Å². The summed E-state index contributed by atoms with van der Waals surface area (Å²) in [5, 5.41) is 15.1. The predicted molar refractivity (Wildman–Crippen MR) is 78.2 cm³/mol. The van der Waals surface area contributed by atoms with Crippen LogP contribution in [0.15, 0.2) is 24.3 Å². The molecule has 19 heavy (non-hydrogen) atoms. The predicted octanol–water partition coefficient (Wildman–Crippen LogP) is 3.44. The molecular formula is C15H24N2O2. The Kier molecular flexibility index (Phi) is 6.97. The number of urea groups is 1. The SMILES string of the molecule is CCCCCCNC(=O)Nc1cccc(C(C)O)c1.